The molecular weight excluding hydrogens is 210 g/mol. The second-order valence-electron chi connectivity index (χ2n) is 2.87. The van der Waals surface area contributed by atoms with E-state index in [4.69, 9.17) is 5.11 Å². The Hall–Kier alpha value is -1.50. The number of hydrogen-bond donors (Lipinski definition) is 1. The van der Waals surface area contributed by atoms with Crippen LogP contribution in [0.3, 0.4) is 0 Å². The molecule has 15 heavy (non-hydrogen) atoms. The first-order valence-electron chi connectivity index (χ1n) is 4.12. The largest absolute Gasteiger partial charge is 0.478 e. The number of aromatic nitrogens is 2. The van der Waals surface area contributed by atoms with E-state index in [1.54, 1.807) is 7.05 Å². The van der Waals surface area contributed by atoms with Gasteiger partial charge in [-0.05, 0) is 0 Å². The highest BCUT2D eigenvalue weighted by Crippen LogP contribution is 2.08. The van der Waals surface area contributed by atoms with Gasteiger partial charge in [-0.3, -0.25) is 4.68 Å². The lowest BCUT2D eigenvalue weighted by atomic mass is 10.2. The molecule has 0 radical (unpaired) electrons. The van der Waals surface area contributed by atoms with E-state index in [0.717, 1.165) is 0 Å². The molecule has 0 amide bonds. The molecule has 0 atom stereocenters. The average Bonchev–Trinajstić information content (AvgIpc) is 2.46. The maximum Gasteiger partial charge on any atom is 0.339 e. The minimum absolute atomic E-state index is 0.0354. The molecule has 0 saturated heterocycles. The lowest BCUT2D eigenvalue weighted by molar-refractivity contribution is 0.00840. The molecular formula is C8H10F2N2O3. The first-order valence-corrected chi connectivity index (χ1v) is 4.12. The number of carboxylic acid groups (broad SMARTS) is 1. The van der Waals surface area contributed by atoms with Crippen LogP contribution in [0, 0.1) is 0 Å². The van der Waals surface area contributed by atoms with Crippen LogP contribution in [0.1, 0.15) is 16.1 Å². The van der Waals surface area contributed by atoms with Gasteiger partial charge < -0.3 is 9.84 Å². The van der Waals surface area contributed by atoms with E-state index in [9.17, 15) is 13.6 Å². The number of rotatable bonds is 5. The Labute approximate surface area is 84.3 Å². The van der Waals surface area contributed by atoms with Crippen LogP contribution in [0.5, 0.6) is 0 Å². The summed E-state index contributed by atoms with van der Waals surface area (Å²) in [4.78, 5) is 10.7. The van der Waals surface area contributed by atoms with Crippen molar-refractivity contribution < 1.29 is 23.4 Å². The van der Waals surface area contributed by atoms with Gasteiger partial charge in [-0.1, -0.05) is 0 Å². The second kappa shape index (κ2) is 4.83. The van der Waals surface area contributed by atoms with Crippen molar-refractivity contribution in [3.8, 4) is 0 Å². The van der Waals surface area contributed by atoms with E-state index in [0.29, 0.717) is 0 Å². The second-order valence-corrected chi connectivity index (χ2v) is 2.87. The fraction of sp³-hybridized carbons (Fsp3) is 0.500. The van der Waals surface area contributed by atoms with Gasteiger partial charge in [0.1, 0.15) is 17.9 Å². The molecule has 0 bridgehead atoms. The molecule has 0 unspecified atom stereocenters. The summed E-state index contributed by atoms with van der Waals surface area (Å²) >= 11 is 0. The fourth-order valence-electron chi connectivity index (χ4n) is 1.06. The number of carboxylic acids is 1. The van der Waals surface area contributed by atoms with Gasteiger partial charge in [0.05, 0.1) is 6.61 Å². The van der Waals surface area contributed by atoms with Crippen molar-refractivity contribution in [1.29, 1.82) is 0 Å². The smallest absolute Gasteiger partial charge is 0.339 e. The van der Waals surface area contributed by atoms with Crippen LogP contribution in [-0.4, -0.2) is 33.9 Å². The zero-order valence-corrected chi connectivity index (χ0v) is 7.98. The highest BCUT2D eigenvalue weighted by Gasteiger charge is 2.14. The molecule has 1 heterocycles. The Kier molecular flexibility index (Phi) is 3.73. The van der Waals surface area contributed by atoms with Gasteiger partial charge in [0.2, 0.25) is 0 Å². The normalized spacial score (nSPS) is 10.9. The molecule has 1 N–H and O–H groups in total. The highest BCUT2D eigenvalue weighted by molar-refractivity contribution is 5.88. The molecule has 0 saturated carbocycles. The third-order valence-electron chi connectivity index (χ3n) is 1.62. The number of hydrogen-bond acceptors (Lipinski definition) is 3. The van der Waals surface area contributed by atoms with Gasteiger partial charge in [0.15, 0.2) is 0 Å². The predicted octanol–water partition coefficient (Wildman–Crippen LogP) is 0.900. The average molecular weight is 220 g/mol. The number of carbonyl (C=O) groups is 1. The summed E-state index contributed by atoms with van der Waals surface area (Å²) in [7, 11) is 1.54. The first kappa shape index (κ1) is 11.6. The molecule has 5 nitrogen and oxygen atoms in total. The Morgan fingerprint density at radius 2 is 2.40 bits per heavy atom. The summed E-state index contributed by atoms with van der Waals surface area (Å²) in [5, 5.41) is 12.5. The Morgan fingerprint density at radius 1 is 1.73 bits per heavy atom. The third-order valence-corrected chi connectivity index (χ3v) is 1.62. The van der Waals surface area contributed by atoms with E-state index >= 15 is 0 Å². The number of aromatic carboxylic acids is 1. The summed E-state index contributed by atoms with van der Waals surface area (Å²) in [6.45, 7) is -0.956. The van der Waals surface area contributed by atoms with Crippen LogP contribution in [-0.2, 0) is 18.4 Å². The number of ether oxygens (including phenoxy) is 1. The summed E-state index contributed by atoms with van der Waals surface area (Å²) in [5.41, 5.74) is 0.109. The Bertz CT molecular complexity index is 352. The van der Waals surface area contributed by atoms with E-state index < -0.39 is 19.0 Å². The summed E-state index contributed by atoms with van der Waals surface area (Å²) < 4.78 is 29.4. The van der Waals surface area contributed by atoms with Crippen LogP contribution < -0.4 is 0 Å². The van der Waals surface area contributed by atoms with Crippen LogP contribution in [0.25, 0.3) is 0 Å². The molecule has 0 aliphatic carbocycles. The summed E-state index contributed by atoms with van der Waals surface area (Å²) in [6.07, 6.45) is -1.27. The van der Waals surface area contributed by atoms with Gasteiger partial charge >= 0.3 is 5.97 Å². The minimum Gasteiger partial charge on any atom is -0.478 e. The van der Waals surface area contributed by atoms with Crippen molar-refractivity contribution >= 4 is 5.97 Å². The molecule has 1 aromatic rings. The van der Waals surface area contributed by atoms with Crippen molar-refractivity contribution in [2.45, 2.75) is 13.0 Å². The molecule has 7 heteroatoms. The summed E-state index contributed by atoms with van der Waals surface area (Å²) in [5.74, 6) is -1.15. The highest BCUT2D eigenvalue weighted by atomic mass is 19.3. The van der Waals surface area contributed by atoms with Gasteiger partial charge in [-0.2, -0.15) is 5.10 Å². The lowest BCUT2D eigenvalue weighted by Gasteiger charge is -2.01. The van der Waals surface area contributed by atoms with E-state index in [2.05, 4.69) is 9.84 Å². The van der Waals surface area contributed by atoms with E-state index in [1.165, 1.54) is 10.9 Å². The molecule has 0 aliphatic heterocycles. The van der Waals surface area contributed by atoms with Crippen LogP contribution in [0.15, 0.2) is 6.20 Å². The third kappa shape index (κ3) is 3.28. The Balaban J connectivity index is 2.63. The van der Waals surface area contributed by atoms with Gasteiger partial charge in [0.25, 0.3) is 6.43 Å². The minimum atomic E-state index is -2.57. The van der Waals surface area contributed by atoms with E-state index in [1.807, 2.05) is 0 Å². The molecule has 0 aromatic carbocycles. The van der Waals surface area contributed by atoms with Crippen molar-refractivity contribution in [3.63, 3.8) is 0 Å². The topological polar surface area (TPSA) is 64.4 Å². The standard InChI is InChI=1S/C8H10F2N2O3/c1-12-2-5(8(13)14)6(11-12)3-15-4-7(9)10/h2,7H,3-4H2,1H3,(H,13,14). The number of halogens is 2. The molecule has 1 rings (SSSR count). The van der Waals surface area contributed by atoms with Gasteiger partial charge in [-0.25, -0.2) is 13.6 Å². The van der Waals surface area contributed by atoms with Crippen LogP contribution in [0.4, 0.5) is 8.78 Å². The maximum atomic E-state index is 11.7. The van der Waals surface area contributed by atoms with Crippen LogP contribution >= 0.6 is 0 Å². The van der Waals surface area contributed by atoms with Crippen molar-refractivity contribution in [2.24, 2.45) is 7.05 Å². The molecule has 1 aromatic heterocycles. The quantitative estimate of drug-likeness (QED) is 0.800. The number of aryl methyl sites for hydroxylation is 1. The lowest BCUT2D eigenvalue weighted by Crippen LogP contribution is -2.07. The molecule has 0 spiro atoms. The van der Waals surface area contributed by atoms with Crippen molar-refractivity contribution in [1.82, 2.24) is 9.78 Å². The molecule has 0 fully saturated rings. The zero-order valence-electron chi connectivity index (χ0n) is 7.98. The van der Waals surface area contributed by atoms with Gasteiger partial charge in [-0.15, -0.1) is 0 Å². The zero-order chi connectivity index (χ0) is 11.4. The maximum absolute atomic E-state index is 11.7. The monoisotopic (exact) mass is 220 g/mol. The van der Waals surface area contributed by atoms with Gasteiger partial charge in [0, 0.05) is 13.2 Å². The molecule has 0 aliphatic rings. The Morgan fingerprint density at radius 3 is 2.93 bits per heavy atom. The number of alkyl halides is 2. The van der Waals surface area contributed by atoms with Crippen LogP contribution in [0.2, 0.25) is 0 Å². The summed E-state index contributed by atoms with van der Waals surface area (Å²) in [6, 6.07) is 0. The van der Waals surface area contributed by atoms with Crippen molar-refractivity contribution in [3.05, 3.63) is 17.5 Å². The van der Waals surface area contributed by atoms with Crippen molar-refractivity contribution in [2.75, 3.05) is 6.61 Å². The molecule has 84 valence electrons. The SMILES string of the molecule is Cn1cc(C(=O)O)c(COCC(F)F)n1. The fourth-order valence-corrected chi connectivity index (χ4v) is 1.06. The first-order chi connectivity index (χ1) is 7.00. The number of nitrogens with zero attached hydrogens (tertiary/aromatic N) is 2. The predicted molar refractivity (Wildman–Crippen MR) is 45.8 cm³/mol. The van der Waals surface area contributed by atoms with E-state index in [-0.39, 0.29) is 17.9 Å².